The first-order valence-corrected chi connectivity index (χ1v) is 11.1. The van der Waals surface area contributed by atoms with Gasteiger partial charge in [0.15, 0.2) is 0 Å². The molecule has 0 heterocycles. The van der Waals surface area contributed by atoms with E-state index < -0.39 is 16.1 Å². The fourth-order valence-corrected chi connectivity index (χ4v) is 3.19. The second-order valence-electron chi connectivity index (χ2n) is 6.89. The van der Waals surface area contributed by atoms with Crippen LogP contribution in [0.5, 0.6) is 11.5 Å². The molecule has 1 amide bonds. The number of anilines is 1. The van der Waals surface area contributed by atoms with E-state index in [9.17, 15) is 23.4 Å². The quantitative estimate of drug-likeness (QED) is 0.377. The lowest BCUT2D eigenvalue weighted by atomic mass is 10.1. The van der Waals surface area contributed by atoms with Crippen LogP contribution < -0.4 is 20.1 Å². The summed E-state index contributed by atoms with van der Waals surface area (Å²) in [6, 6.07) is 10.8. The Hall–Kier alpha value is -2.82. The smallest absolute Gasteiger partial charge is 0.254 e. The molecule has 0 fully saturated rings. The molecule has 2 atom stereocenters. The lowest BCUT2D eigenvalue weighted by Gasteiger charge is -2.18. The van der Waals surface area contributed by atoms with E-state index in [-0.39, 0.29) is 36.4 Å². The highest BCUT2D eigenvalue weighted by atomic mass is 32.2. The molecule has 2 unspecified atom stereocenters. The number of sulfonamides is 1. The second kappa shape index (κ2) is 10.3. The first-order valence-electron chi connectivity index (χ1n) is 9.26. The Labute approximate surface area is 176 Å². The molecule has 0 aromatic heterocycles. The highest BCUT2D eigenvalue weighted by Crippen LogP contribution is 2.23. The van der Waals surface area contributed by atoms with Crippen LogP contribution in [0.1, 0.15) is 28.9 Å². The van der Waals surface area contributed by atoms with Gasteiger partial charge in [-0.25, -0.2) is 8.42 Å². The number of rotatable bonds is 10. The number of ether oxygens (including phenoxy) is 1. The zero-order valence-corrected chi connectivity index (χ0v) is 17.9. The second-order valence-corrected chi connectivity index (χ2v) is 8.64. The summed E-state index contributed by atoms with van der Waals surface area (Å²) in [5.41, 5.74) is 1.23. The molecule has 5 N–H and O–H groups in total. The van der Waals surface area contributed by atoms with E-state index in [4.69, 9.17) is 4.74 Å². The van der Waals surface area contributed by atoms with Crippen LogP contribution in [0.2, 0.25) is 0 Å². The van der Waals surface area contributed by atoms with E-state index in [1.807, 2.05) is 6.92 Å². The van der Waals surface area contributed by atoms with Gasteiger partial charge in [-0.15, -0.1) is 0 Å². The monoisotopic (exact) mass is 437 g/mol. The number of phenolic OH excluding ortho intramolecular Hbond substituents is 1. The molecule has 30 heavy (non-hydrogen) atoms. The van der Waals surface area contributed by atoms with E-state index in [0.29, 0.717) is 17.0 Å². The van der Waals surface area contributed by atoms with E-state index in [0.717, 1.165) is 6.26 Å². The molecule has 2 aromatic rings. The molecule has 0 aliphatic heterocycles. The number of hydrogen-bond acceptors (Lipinski definition) is 7. The van der Waals surface area contributed by atoms with Crippen molar-refractivity contribution in [2.75, 3.05) is 31.2 Å². The number of benzene rings is 2. The summed E-state index contributed by atoms with van der Waals surface area (Å²) >= 11 is 0. The first-order chi connectivity index (χ1) is 14.1. The van der Waals surface area contributed by atoms with Gasteiger partial charge >= 0.3 is 0 Å². The van der Waals surface area contributed by atoms with Crippen molar-refractivity contribution >= 4 is 21.6 Å². The Morgan fingerprint density at radius 2 is 1.83 bits per heavy atom. The average molecular weight is 438 g/mol. The maximum Gasteiger partial charge on any atom is 0.254 e. The van der Waals surface area contributed by atoms with Gasteiger partial charge in [0, 0.05) is 31.4 Å². The number of nitrogens with one attached hydrogen (secondary N) is 3. The SMILES string of the molecule is CNC(=O)c1ccc(OCC(C)NCC(O)c2ccc(NS(C)(=O)=O)cc2)cc1O. The van der Waals surface area contributed by atoms with Crippen LogP contribution in [0.25, 0.3) is 0 Å². The molecule has 0 spiro atoms. The Balaban J connectivity index is 1.82. The van der Waals surface area contributed by atoms with E-state index >= 15 is 0 Å². The summed E-state index contributed by atoms with van der Waals surface area (Å²) in [6.07, 6.45) is 0.288. The van der Waals surface area contributed by atoms with Crippen molar-refractivity contribution in [1.29, 1.82) is 0 Å². The minimum absolute atomic E-state index is 0.105. The van der Waals surface area contributed by atoms with Crippen molar-refractivity contribution in [3.8, 4) is 11.5 Å². The zero-order chi connectivity index (χ0) is 22.3. The Morgan fingerprint density at radius 1 is 1.17 bits per heavy atom. The molecule has 0 aliphatic rings. The van der Waals surface area contributed by atoms with Crippen LogP contribution in [0.3, 0.4) is 0 Å². The third-order valence-corrected chi connectivity index (χ3v) is 4.81. The van der Waals surface area contributed by atoms with Gasteiger partial charge in [-0.1, -0.05) is 12.1 Å². The summed E-state index contributed by atoms with van der Waals surface area (Å²) in [4.78, 5) is 11.6. The van der Waals surface area contributed by atoms with Gasteiger partial charge in [0.1, 0.15) is 18.1 Å². The van der Waals surface area contributed by atoms with Gasteiger partial charge in [0.25, 0.3) is 5.91 Å². The highest BCUT2D eigenvalue weighted by Gasteiger charge is 2.13. The van der Waals surface area contributed by atoms with Crippen LogP contribution in [-0.4, -0.2) is 57.0 Å². The number of phenols is 1. The minimum Gasteiger partial charge on any atom is -0.507 e. The maximum atomic E-state index is 11.6. The molecule has 0 saturated heterocycles. The molecule has 10 heteroatoms. The number of carbonyl (C=O) groups is 1. The van der Waals surface area contributed by atoms with Gasteiger partial charge in [-0.05, 0) is 36.8 Å². The van der Waals surface area contributed by atoms with Crippen LogP contribution in [0, 0.1) is 0 Å². The molecular formula is C20H27N3O6S. The van der Waals surface area contributed by atoms with E-state index in [2.05, 4.69) is 15.4 Å². The zero-order valence-electron chi connectivity index (χ0n) is 17.0. The third kappa shape index (κ3) is 7.21. The third-order valence-electron chi connectivity index (χ3n) is 4.20. The molecule has 164 valence electrons. The topological polar surface area (TPSA) is 137 Å². The summed E-state index contributed by atoms with van der Waals surface area (Å²) in [5, 5.41) is 25.8. The van der Waals surface area contributed by atoms with Gasteiger partial charge in [-0.3, -0.25) is 9.52 Å². The van der Waals surface area contributed by atoms with Crippen molar-refractivity contribution in [3.63, 3.8) is 0 Å². The molecule has 2 aromatic carbocycles. The first kappa shape index (κ1) is 23.5. The minimum atomic E-state index is -3.35. The van der Waals surface area contributed by atoms with Gasteiger partial charge in [0.05, 0.1) is 17.9 Å². The summed E-state index contributed by atoms with van der Waals surface area (Å²) < 4.78 is 30.4. The predicted octanol–water partition coefficient (Wildman–Crippen LogP) is 1.21. The van der Waals surface area contributed by atoms with Gasteiger partial charge in [-0.2, -0.15) is 0 Å². The maximum absolute atomic E-state index is 11.6. The average Bonchev–Trinajstić information content (AvgIpc) is 2.69. The normalized spacial score (nSPS) is 13.3. The number of amides is 1. The van der Waals surface area contributed by atoms with E-state index in [1.165, 1.54) is 19.2 Å². The lowest BCUT2D eigenvalue weighted by molar-refractivity contribution is 0.0960. The highest BCUT2D eigenvalue weighted by molar-refractivity contribution is 7.92. The van der Waals surface area contributed by atoms with Crippen molar-refractivity contribution < 1.29 is 28.2 Å². The fraction of sp³-hybridized carbons (Fsp3) is 0.350. The summed E-state index contributed by atoms with van der Waals surface area (Å²) in [5.74, 6) is -0.136. The molecule has 0 bridgehead atoms. The Kier molecular flexibility index (Phi) is 8.04. The number of aliphatic hydroxyl groups is 1. The van der Waals surface area contributed by atoms with Crippen LogP contribution in [0.15, 0.2) is 42.5 Å². The Morgan fingerprint density at radius 3 is 2.40 bits per heavy atom. The lowest BCUT2D eigenvalue weighted by Crippen LogP contribution is -2.34. The number of aliphatic hydroxyl groups excluding tert-OH is 1. The predicted molar refractivity (Wildman–Crippen MR) is 114 cm³/mol. The largest absolute Gasteiger partial charge is 0.507 e. The van der Waals surface area contributed by atoms with Crippen molar-refractivity contribution in [2.24, 2.45) is 0 Å². The summed E-state index contributed by atoms with van der Waals surface area (Å²) in [6.45, 7) is 2.43. The van der Waals surface area contributed by atoms with Crippen molar-refractivity contribution in [3.05, 3.63) is 53.6 Å². The Bertz CT molecular complexity index is 963. The van der Waals surface area contributed by atoms with Crippen LogP contribution in [0.4, 0.5) is 5.69 Å². The van der Waals surface area contributed by atoms with Crippen LogP contribution in [-0.2, 0) is 10.0 Å². The van der Waals surface area contributed by atoms with Crippen molar-refractivity contribution in [1.82, 2.24) is 10.6 Å². The molecule has 0 radical (unpaired) electrons. The van der Waals surface area contributed by atoms with Crippen LogP contribution >= 0.6 is 0 Å². The van der Waals surface area contributed by atoms with E-state index in [1.54, 1.807) is 30.3 Å². The molecule has 9 nitrogen and oxygen atoms in total. The van der Waals surface area contributed by atoms with Gasteiger partial charge < -0.3 is 25.6 Å². The molecular weight excluding hydrogens is 410 g/mol. The molecule has 0 aliphatic carbocycles. The number of aromatic hydroxyl groups is 1. The summed E-state index contributed by atoms with van der Waals surface area (Å²) in [7, 11) is -1.87. The molecule has 2 rings (SSSR count). The van der Waals surface area contributed by atoms with Crippen molar-refractivity contribution in [2.45, 2.75) is 19.1 Å². The fourth-order valence-electron chi connectivity index (χ4n) is 2.63. The van der Waals surface area contributed by atoms with Gasteiger partial charge in [0.2, 0.25) is 10.0 Å². The molecule has 0 saturated carbocycles. The standard InChI is InChI=1S/C20H27N3O6S/c1-13(12-29-16-8-9-17(18(24)10-16)20(26)21-2)22-11-19(25)14-4-6-15(7-5-14)23-30(3,27)28/h4-10,13,19,22-25H,11-12H2,1-3H3,(H,21,26). The number of carbonyl (C=O) groups excluding carboxylic acids is 1. The number of hydrogen-bond donors (Lipinski definition) is 5.